The van der Waals surface area contributed by atoms with E-state index in [1.165, 1.54) is 54.6 Å². The summed E-state index contributed by atoms with van der Waals surface area (Å²) in [5, 5.41) is 14.5. The summed E-state index contributed by atoms with van der Waals surface area (Å²) in [7, 11) is 0. The van der Waals surface area contributed by atoms with E-state index in [4.69, 9.17) is 0 Å². The maximum Gasteiger partial charge on any atom is 0.0991 e. The number of allylic oxidation sites excluding steroid dienone is 4. The van der Waals surface area contributed by atoms with Gasteiger partial charge in [0.25, 0.3) is 0 Å². The number of hydrogen-bond acceptors (Lipinski definition) is 1. The molecule has 1 unspecified atom stereocenters. The number of hydrogen-bond donors (Lipinski definition) is 0. The molecule has 1 atom stereocenters. The van der Waals surface area contributed by atoms with Gasteiger partial charge in [-0.2, -0.15) is 5.26 Å². The molecule has 178 valence electrons. The van der Waals surface area contributed by atoms with Crippen LogP contribution in [0.4, 0.5) is 0 Å². The molecule has 0 radical (unpaired) electrons. The molecular weight excluding hydrogens is 458 g/mol. The van der Waals surface area contributed by atoms with Gasteiger partial charge in [-0.3, -0.25) is 0 Å². The van der Waals surface area contributed by atoms with Crippen molar-refractivity contribution in [2.24, 2.45) is 5.92 Å². The number of nitrogens with zero attached hydrogens (tertiary/aromatic N) is 1. The molecule has 0 aromatic heterocycles. The third-order valence-corrected chi connectivity index (χ3v) is 7.88. The van der Waals surface area contributed by atoms with Crippen LogP contribution in [0.15, 0.2) is 139 Å². The van der Waals surface area contributed by atoms with E-state index in [0.717, 1.165) is 12.0 Å². The summed E-state index contributed by atoms with van der Waals surface area (Å²) in [5.74, 6) is 0.256. The van der Waals surface area contributed by atoms with Gasteiger partial charge in [0.1, 0.15) is 0 Å². The van der Waals surface area contributed by atoms with Crippen molar-refractivity contribution in [3.05, 3.63) is 166 Å². The second kappa shape index (κ2) is 9.18. The summed E-state index contributed by atoms with van der Waals surface area (Å²) in [6.07, 6.45) is 7.74. The highest BCUT2D eigenvalue weighted by molar-refractivity contribution is 6.04. The Balaban J connectivity index is 1.57. The number of fused-ring (bicyclic) bond motifs is 3. The van der Waals surface area contributed by atoms with Crippen molar-refractivity contribution in [1.29, 1.82) is 5.26 Å². The van der Waals surface area contributed by atoms with E-state index in [1.807, 2.05) is 12.1 Å². The molecule has 5 aromatic rings. The highest BCUT2D eigenvalue weighted by Gasteiger charge is 2.30. The van der Waals surface area contributed by atoms with Crippen molar-refractivity contribution >= 4 is 21.9 Å². The van der Waals surface area contributed by atoms with Crippen LogP contribution in [0.25, 0.3) is 33.0 Å². The largest absolute Gasteiger partial charge is 0.192 e. The molecule has 2 aliphatic rings. The lowest BCUT2D eigenvalue weighted by atomic mass is 9.71. The molecule has 1 nitrogen and oxygen atoms in total. The van der Waals surface area contributed by atoms with Gasteiger partial charge in [0.2, 0.25) is 0 Å². The fraction of sp³-hybridized carbons (Fsp3) is 0.0541. The third kappa shape index (κ3) is 3.54. The van der Waals surface area contributed by atoms with Crippen LogP contribution in [0.3, 0.4) is 0 Å². The van der Waals surface area contributed by atoms with Crippen LogP contribution in [-0.4, -0.2) is 0 Å². The Bertz CT molecular complexity index is 1930. The summed E-state index contributed by atoms with van der Waals surface area (Å²) in [6.45, 7) is 0. The summed E-state index contributed by atoms with van der Waals surface area (Å²) < 4.78 is 0. The highest BCUT2D eigenvalue weighted by atomic mass is 14.3. The molecule has 0 saturated heterocycles. The molecule has 0 spiro atoms. The Hall–Kier alpha value is -4.93. The van der Waals surface area contributed by atoms with E-state index < -0.39 is 0 Å². The molecule has 38 heavy (non-hydrogen) atoms. The van der Waals surface area contributed by atoms with Crippen LogP contribution in [0.5, 0.6) is 0 Å². The van der Waals surface area contributed by atoms with E-state index in [-0.39, 0.29) is 5.92 Å². The van der Waals surface area contributed by atoms with Crippen molar-refractivity contribution in [3.8, 4) is 17.2 Å². The lowest BCUT2D eigenvalue weighted by Gasteiger charge is -2.31. The molecule has 0 amide bonds. The predicted molar refractivity (Wildman–Crippen MR) is 157 cm³/mol. The minimum Gasteiger partial charge on any atom is -0.192 e. The molecule has 0 bridgehead atoms. The van der Waals surface area contributed by atoms with Crippen molar-refractivity contribution < 1.29 is 0 Å². The first-order valence-electron chi connectivity index (χ1n) is 13.1. The first kappa shape index (κ1) is 22.3. The van der Waals surface area contributed by atoms with Gasteiger partial charge >= 0.3 is 0 Å². The highest BCUT2D eigenvalue weighted by Crippen LogP contribution is 2.43. The molecule has 0 fully saturated rings. The van der Waals surface area contributed by atoms with Crippen LogP contribution >= 0.6 is 0 Å². The zero-order valence-electron chi connectivity index (χ0n) is 20.9. The van der Waals surface area contributed by atoms with Gasteiger partial charge < -0.3 is 0 Å². The van der Waals surface area contributed by atoms with E-state index in [2.05, 4.69) is 127 Å². The molecule has 1 heteroatoms. The maximum atomic E-state index is 9.34. The number of benzene rings is 5. The second-order valence-corrected chi connectivity index (χ2v) is 9.93. The molecular formula is C37H25N. The summed E-state index contributed by atoms with van der Waals surface area (Å²) in [5.41, 5.74) is 9.66. The van der Waals surface area contributed by atoms with Crippen LogP contribution in [-0.2, 0) is 0 Å². The van der Waals surface area contributed by atoms with E-state index in [0.29, 0.717) is 5.56 Å². The van der Waals surface area contributed by atoms with Crippen molar-refractivity contribution in [1.82, 2.24) is 0 Å². The van der Waals surface area contributed by atoms with Crippen LogP contribution in [0, 0.1) is 17.2 Å². The first-order valence-corrected chi connectivity index (χ1v) is 13.1. The fourth-order valence-corrected chi connectivity index (χ4v) is 6.21. The molecule has 0 N–H and O–H groups in total. The SMILES string of the molecule is N#Cc1ccc(C2=c3ccccc3=C(c3ccc(-c4ccccc4)c4ccccc34)C3CC=CC=C23)cc1. The van der Waals surface area contributed by atoms with Crippen LogP contribution < -0.4 is 10.4 Å². The number of rotatable bonds is 3. The molecule has 2 aliphatic carbocycles. The Kier molecular flexibility index (Phi) is 5.38. The normalized spacial score (nSPS) is 16.0. The van der Waals surface area contributed by atoms with Gasteiger partial charge in [-0.1, -0.05) is 121 Å². The second-order valence-electron chi connectivity index (χ2n) is 9.93. The van der Waals surface area contributed by atoms with Gasteiger partial charge in [0.05, 0.1) is 11.6 Å². The van der Waals surface area contributed by atoms with Gasteiger partial charge in [0.15, 0.2) is 0 Å². The Morgan fingerprint density at radius 2 is 1.26 bits per heavy atom. The molecule has 5 aromatic carbocycles. The zero-order chi connectivity index (χ0) is 25.5. The standard InChI is InChI=1S/C37H25N/c38-24-25-18-20-27(21-19-25)36-31-14-6-8-16-33(31)37(34-17-9-7-15-32(34)36)35-23-22-28(26-10-2-1-3-11-26)29-12-4-5-13-30(29)35/h1-16,18-23,34H,17H2. The van der Waals surface area contributed by atoms with Gasteiger partial charge in [-0.05, 0) is 78.7 Å². The zero-order valence-corrected chi connectivity index (χ0v) is 20.9. The molecule has 0 saturated carbocycles. The minimum absolute atomic E-state index is 0.256. The maximum absolute atomic E-state index is 9.34. The van der Waals surface area contributed by atoms with Crippen molar-refractivity contribution in [3.63, 3.8) is 0 Å². The predicted octanol–water partition coefficient (Wildman–Crippen LogP) is 7.29. The van der Waals surface area contributed by atoms with Crippen LogP contribution in [0.1, 0.15) is 23.1 Å². The Morgan fingerprint density at radius 3 is 2.03 bits per heavy atom. The van der Waals surface area contributed by atoms with Gasteiger partial charge in [0, 0.05) is 5.92 Å². The third-order valence-electron chi connectivity index (χ3n) is 7.88. The summed E-state index contributed by atoms with van der Waals surface area (Å²) >= 11 is 0. The monoisotopic (exact) mass is 483 g/mol. The Labute approximate surface area is 222 Å². The van der Waals surface area contributed by atoms with E-state index in [9.17, 15) is 5.26 Å². The summed E-state index contributed by atoms with van der Waals surface area (Å²) in [6, 6.07) is 43.2. The lowest BCUT2D eigenvalue weighted by molar-refractivity contribution is 0.799. The fourth-order valence-electron chi connectivity index (χ4n) is 6.21. The first-order chi connectivity index (χ1) is 18.8. The topological polar surface area (TPSA) is 23.8 Å². The van der Waals surface area contributed by atoms with Crippen molar-refractivity contribution in [2.45, 2.75) is 6.42 Å². The van der Waals surface area contributed by atoms with Crippen LogP contribution in [0.2, 0.25) is 0 Å². The smallest absolute Gasteiger partial charge is 0.0991 e. The molecule has 0 aliphatic heterocycles. The van der Waals surface area contributed by atoms with Gasteiger partial charge in [-0.25, -0.2) is 0 Å². The molecule has 0 heterocycles. The quantitative estimate of drug-likeness (QED) is 0.264. The molecule has 7 rings (SSSR count). The van der Waals surface area contributed by atoms with Gasteiger partial charge in [-0.15, -0.1) is 0 Å². The van der Waals surface area contributed by atoms with E-state index in [1.54, 1.807) is 0 Å². The van der Waals surface area contributed by atoms with Crippen molar-refractivity contribution in [2.75, 3.05) is 0 Å². The van der Waals surface area contributed by atoms with E-state index >= 15 is 0 Å². The average molecular weight is 484 g/mol. The Morgan fingerprint density at radius 1 is 0.605 bits per heavy atom. The number of nitriles is 1. The average Bonchev–Trinajstić information content (AvgIpc) is 3.00. The summed E-state index contributed by atoms with van der Waals surface area (Å²) in [4.78, 5) is 0. The minimum atomic E-state index is 0.256. The lowest BCUT2D eigenvalue weighted by Crippen LogP contribution is -2.37.